The van der Waals surface area contributed by atoms with Gasteiger partial charge in [0.1, 0.15) is 0 Å². The second-order valence-electron chi connectivity index (χ2n) is 4.24. The minimum absolute atomic E-state index is 0.169. The van der Waals surface area contributed by atoms with Crippen LogP contribution < -0.4 is 0 Å². The second kappa shape index (κ2) is 5.97. The van der Waals surface area contributed by atoms with Gasteiger partial charge in [-0.1, -0.05) is 59.6 Å². The first-order valence-electron chi connectivity index (χ1n) is 5.72. The molecule has 0 nitrogen and oxygen atoms in total. The number of benzene rings is 2. The maximum Gasteiger partial charge on any atom is 0.0640 e. The second-order valence-corrected chi connectivity index (χ2v) is 5.55. The van der Waals surface area contributed by atoms with Crippen LogP contribution in [0.15, 0.2) is 42.5 Å². The highest BCUT2D eigenvalue weighted by Crippen LogP contribution is 2.35. The van der Waals surface area contributed by atoms with Crippen LogP contribution in [0.2, 0.25) is 10.0 Å². The fourth-order valence-corrected chi connectivity index (χ4v) is 2.75. The van der Waals surface area contributed by atoms with Crippen molar-refractivity contribution in [3.8, 4) is 0 Å². The van der Waals surface area contributed by atoms with Crippen molar-refractivity contribution in [3.05, 3.63) is 69.2 Å². The molecule has 0 aliphatic heterocycles. The first-order chi connectivity index (χ1) is 8.59. The molecule has 18 heavy (non-hydrogen) atoms. The van der Waals surface area contributed by atoms with Crippen LogP contribution in [0.5, 0.6) is 0 Å². The molecule has 0 spiro atoms. The standard InChI is InChI=1S/C15H13Cl3/c1-10-5-2-3-6-11(10)9-14(17)12-7-4-8-13(16)15(12)18/h2-8,14H,9H2,1H3. The zero-order valence-corrected chi connectivity index (χ0v) is 12.2. The van der Waals surface area contributed by atoms with Gasteiger partial charge in [0.05, 0.1) is 15.4 Å². The molecule has 0 radical (unpaired) electrons. The van der Waals surface area contributed by atoms with Crippen molar-refractivity contribution in [1.82, 2.24) is 0 Å². The largest absolute Gasteiger partial charge is 0.117 e. The summed E-state index contributed by atoms with van der Waals surface area (Å²) in [4.78, 5) is 0. The topological polar surface area (TPSA) is 0 Å². The van der Waals surface area contributed by atoms with E-state index in [1.807, 2.05) is 24.3 Å². The van der Waals surface area contributed by atoms with Crippen molar-refractivity contribution in [2.24, 2.45) is 0 Å². The Hall–Kier alpha value is -0.690. The van der Waals surface area contributed by atoms with Gasteiger partial charge >= 0.3 is 0 Å². The van der Waals surface area contributed by atoms with E-state index in [-0.39, 0.29) is 5.38 Å². The fraction of sp³-hybridized carbons (Fsp3) is 0.200. The van der Waals surface area contributed by atoms with E-state index < -0.39 is 0 Å². The summed E-state index contributed by atoms with van der Waals surface area (Å²) < 4.78 is 0. The summed E-state index contributed by atoms with van der Waals surface area (Å²) in [6.45, 7) is 2.08. The first kappa shape index (κ1) is 13.7. The molecule has 2 aromatic rings. The summed E-state index contributed by atoms with van der Waals surface area (Å²) in [6, 6.07) is 13.8. The van der Waals surface area contributed by atoms with Gasteiger partial charge < -0.3 is 0 Å². The quantitative estimate of drug-likeness (QED) is 0.626. The average Bonchev–Trinajstić information content (AvgIpc) is 2.35. The molecule has 0 N–H and O–H groups in total. The molecule has 3 heteroatoms. The van der Waals surface area contributed by atoms with Gasteiger partial charge in [0, 0.05) is 0 Å². The molecule has 0 fully saturated rings. The van der Waals surface area contributed by atoms with Gasteiger partial charge in [0.15, 0.2) is 0 Å². The average molecular weight is 300 g/mol. The van der Waals surface area contributed by atoms with E-state index in [1.165, 1.54) is 11.1 Å². The summed E-state index contributed by atoms with van der Waals surface area (Å²) in [7, 11) is 0. The Morgan fingerprint density at radius 2 is 1.72 bits per heavy atom. The molecule has 0 saturated heterocycles. The third-order valence-corrected chi connectivity index (χ3v) is 4.20. The summed E-state index contributed by atoms with van der Waals surface area (Å²) in [5.41, 5.74) is 3.35. The number of alkyl halides is 1. The first-order valence-corrected chi connectivity index (χ1v) is 6.91. The fourth-order valence-electron chi connectivity index (χ4n) is 1.90. The van der Waals surface area contributed by atoms with Crippen LogP contribution in [0.1, 0.15) is 22.1 Å². The molecule has 1 atom stereocenters. The van der Waals surface area contributed by atoms with E-state index in [0.717, 1.165) is 12.0 Å². The van der Waals surface area contributed by atoms with Crippen molar-refractivity contribution in [2.45, 2.75) is 18.7 Å². The maximum absolute atomic E-state index is 6.45. The number of hydrogen-bond acceptors (Lipinski definition) is 0. The maximum atomic E-state index is 6.45. The van der Waals surface area contributed by atoms with E-state index in [2.05, 4.69) is 19.1 Å². The van der Waals surface area contributed by atoms with Gasteiger partial charge in [-0.3, -0.25) is 0 Å². The lowest BCUT2D eigenvalue weighted by Gasteiger charge is -2.14. The lowest BCUT2D eigenvalue weighted by molar-refractivity contribution is 0.911. The molecular formula is C15H13Cl3. The van der Waals surface area contributed by atoms with Crippen LogP contribution in [-0.2, 0) is 6.42 Å². The Balaban J connectivity index is 2.25. The van der Waals surface area contributed by atoms with Crippen LogP contribution in [0, 0.1) is 6.92 Å². The van der Waals surface area contributed by atoms with E-state index >= 15 is 0 Å². The zero-order chi connectivity index (χ0) is 13.1. The van der Waals surface area contributed by atoms with Crippen LogP contribution >= 0.6 is 34.8 Å². The third-order valence-electron chi connectivity index (χ3n) is 2.98. The van der Waals surface area contributed by atoms with Crippen LogP contribution in [-0.4, -0.2) is 0 Å². The molecule has 0 saturated carbocycles. The highest BCUT2D eigenvalue weighted by atomic mass is 35.5. The minimum Gasteiger partial charge on any atom is -0.117 e. The molecule has 0 aromatic heterocycles. The molecule has 0 heterocycles. The molecule has 0 aliphatic rings. The minimum atomic E-state index is -0.169. The molecule has 2 rings (SSSR count). The monoisotopic (exact) mass is 298 g/mol. The summed E-state index contributed by atoms with van der Waals surface area (Å²) in [5.74, 6) is 0. The molecule has 1 unspecified atom stereocenters. The van der Waals surface area contributed by atoms with Crippen molar-refractivity contribution in [1.29, 1.82) is 0 Å². The molecule has 0 aliphatic carbocycles. The smallest absolute Gasteiger partial charge is 0.0640 e. The van der Waals surface area contributed by atoms with Crippen LogP contribution in [0.25, 0.3) is 0 Å². The predicted octanol–water partition coefficient (Wildman–Crippen LogP) is 5.82. The van der Waals surface area contributed by atoms with E-state index in [1.54, 1.807) is 6.07 Å². The summed E-state index contributed by atoms with van der Waals surface area (Å²) >= 11 is 18.6. The van der Waals surface area contributed by atoms with Gasteiger partial charge in [0.2, 0.25) is 0 Å². The lowest BCUT2D eigenvalue weighted by atomic mass is 10.0. The number of halogens is 3. The molecule has 0 amide bonds. The van der Waals surface area contributed by atoms with Gasteiger partial charge in [-0.05, 0) is 36.1 Å². The van der Waals surface area contributed by atoms with E-state index in [0.29, 0.717) is 10.0 Å². The van der Waals surface area contributed by atoms with E-state index in [4.69, 9.17) is 34.8 Å². The van der Waals surface area contributed by atoms with Gasteiger partial charge in [-0.25, -0.2) is 0 Å². The molecular weight excluding hydrogens is 287 g/mol. The van der Waals surface area contributed by atoms with Crippen molar-refractivity contribution in [2.75, 3.05) is 0 Å². The highest BCUT2D eigenvalue weighted by Gasteiger charge is 2.15. The van der Waals surface area contributed by atoms with E-state index in [9.17, 15) is 0 Å². The normalized spacial score (nSPS) is 12.4. The summed E-state index contributed by atoms with van der Waals surface area (Å²) in [5, 5.41) is 0.926. The highest BCUT2D eigenvalue weighted by molar-refractivity contribution is 6.43. The Labute approximate surface area is 122 Å². The van der Waals surface area contributed by atoms with Gasteiger partial charge in [-0.15, -0.1) is 11.6 Å². The number of aryl methyl sites for hydroxylation is 1. The van der Waals surface area contributed by atoms with Crippen LogP contribution in [0.3, 0.4) is 0 Å². The SMILES string of the molecule is Cc1ccccc1CC(Cl)c1cccc(Cl)c1Cl. The Morgan fingerprint density at radius 1 is 1.00 bits per heavy atom. The number of rotatable bonds is 3. The van der Waals surface area contributed by atoms with Crippen molar-refractivity contribution < 1.29 is 0 Å². The predicted molar refractivity (Wildman–Crippen MR) is 79.9 cm³/mol. The van der Waals surface area contributed by atoms with Crippen LogP contribution in [0.4, 0.5) is 0 Å². The zero-order valence-electron chi connectivity index (χ0n) is 9.96. The lowest BCUT2D eigenvalue weighted by Crippen LogP contribution is -1.99. The van der Waals surface area contributed by atoms with Gasteiger partial charge in [0.25, 0.3) is 0 Å². The Kier molecular flexibility index (Phi) is 4.55. The van der Waals surface area contributed by atoms with Crippen molar-refractivity contribution in [3.63, 3.8) is 0 Å². The third kappa shape index (κ3) is 3.00. The van der Waals surface area contributed by atoms with Crippen molar-refractivity contribution >= 4 is 34.8 Å². The summed E-state index contributed by atoms with van der Waals surface area (Å²) in [6.07, 6.45) is 0.744. The van der Waals surface area contributed by atoms with Gasteiger partial charge in [-0.2, -0.15) is 0 Å². The Morgan fingerprint density at radius 3 is 2.44 bits per heavy atom. The molecule has 2 aromatic carbocycles. The number of hydrogen-bond donors (Lipinski definition) is 0. The molecule has 94 valence electrons. The molecule has 0 bridgehead atoms. The Bertz CT molecular complexity index is 549.